The van der Waals surface area contributed by atoms with E-state index in [-0.39, 0.29) is 16.6 Å². The molecule has 1 N–H and O–H groups in total. The molecule has 1 fully saturated rings. The molecule has 0 radical (unpaired) electrons. The molecule has 8 heteroatoms. The third kappa shape index (κ3) is 3.56. The molecule has 1 amide bonds. The van der Waals surface area contributed by atoms with Crippen molar-refractivity contribution in [2.75, 3.05) is 0 Å². The lowest BCUT2D eigenvalue weighted by atomic mass is 10.0. The van der Waals surface area contributed by atoms with Crippen molar-refractivity contribution in [1.29, 1.82) is 0 Å². The molecule has 1 saturated heterocycles. The smallest absolute Gasteiger partial charge is 0.327 e. The molecule has 134 valence electrons. The van der Waals surface area contributed by atoms with Gasteiger partial charge in [0.1, 0.15) is 10.4 Å². The molecular formula is C18H17N3O3S2. The van der Waals surface area contributed by atoms with Gasteiger partial charge in [-0.1, -0.05) is 54.3 Å². The van der Waals surface area contributed by atoms with Crippen LogP contribution in [0.25, 0.3) is 6.08 Å². The molecule has 2 aromatic rings. The molecule has 1 aromatic heterocycles. The highest BCUT2D eigenvalue weighted by molar-refractivity contribution is 8.26. The quantitative estimate of drug-likeness (QED) is 0.628. The molecule has 3 rings (SSSR count). The van der Waals surface area contributed by atoms with Crippen LogP contribution >= 0.6 is 24.0 Å². The zero-order valence-electron chi connectivity index (χ0n) is 14.2. The molecule has 0 unspecified atom stereocenters. The van der Waals surface area contributed by atoms with E-state index >= 15 is 0 Å². The fraction of sp³-hybridized carbons (Fsp3) is 0.222. The first-order valence-corrected chi connectivity index (χ1v) is 9.13. The predicted octanol–water partition coefficient (Wildman–Crippen LogP) is 2.63. The van der Waals surface area contributed by atoms with Crippen LogP contribution in [0.5, 0.6) is 0 Å². The average Bonchev–Trinajstić information content (AvgIpc) is 3.07. The van der Waals surface area contributed by atoms with Crippen molar-refractivity contribution < 1.29 is 14.7 Å². The van der Waals surface area contributed by atoms with E-state index in [4.69, 9.17) is 12.2 Å². The Hall–Kier alpha value is -2.45. The van der Waals surface area contributed by atoms with Gasteiger partial charge in [-0.2, -0.15) is 5.10 Å². The number of hydrogen-bond acceptors (Lipinski definition) is 5. The highest BCUT2D eigenvalue weighted by atomic mass is 32.2. The highest BCUT2D eigenvalue weighted by Gasteiger charge is 2.40. The standard InChI is InChI=1S/C18H17N3O3S2/c1-11-13(10-19-20(11)2)9-15-16(22)21(18(25)26-15)14(17(23)24)8-12-6-4-3-5-7-12/h3-7,9-10,14H,8H2,1-2H3,(H,23,24)/b15-9-/t14-/m1/s1. The van der Waals surface area contributed by atoms with Crippen LogP contribution in [0.4, 0.5) is 0 Å². The minimum Gasteiger partial charge on any atom is -0.480 e. The number of carbonyl (C=O) groups excluding carboxylic acids is 1. The monoisotopic (exact) mass is 387 g/mol. The molecule has 1 aromatic carbocycles. The number of rotatable bonds is 5. The van der Waals surface area contributed by atoms with E-state index in [0.29, 0.717) is 4.91 Å². The largest absolute Gasteiger partial charge is 0.480 e. The maximum Gasteiger partial charge on any atom is 0.327 e. The Kier molecular flexibility index (Phi) is 5.24. The summed E-state index contributed by atoms with van der Waals surface area (Å²) in [6, 6.07) is 8.17. The van der Waals surface area contributed by atoms with Crippen molar-refractivity contribution in [2.24, 2.45) is 7.05 Å². The van der Waals surface area contributed by atoms with Gasteiger partial charge in [0.2, 0.25) is 0 Å². The SMILES string of the molecule is Cc1c(/C=C2\SC(=S)N([C@H](Cc3ccccc3)C(=O)O)C2=O)cnn1C. The molecule has 1 aliphatic heterocycles. The van der Waals surface area contributed by atoms with Gasteiger partial charge in [0, 0.05) is 24.7 Å². The van der Waals surface area contributed by atoms with E-state index in [9.17, 15) is 14.7 Å². The number of aliphatic carboxylic acids is 1. The summed E-state index contributed by atoms with van der Waals surface area (Å²) in [6.07, 6.45) is 3.57. The number of amides is 1. The molecule has 1 aliphatic rings. The number of nitrogens with zero attached hydrogens (tertiary/aromatic N) is 3. The number of carbonyl (C=O) groups is 2. The second-order valence-corrected chi connectivity index (χ2v) is 7.58. The average molecular weight is 387 g/mol. The maximum absolute atomic E-state index is 12.8. The van der Waals surface area contributed by atoms with Crippen LogP contribution in [0.2, 0.25) is 0 Å². The van der Waals surface area contributed by atoms with Gasteiger partial charge in [-0.15, -0.1) is 0 Å². The van der Waals surface area contributed by atoms with Gasteiger partial charge in [0.15, 0.2) is 0 Å². The lowest BCUT2D eigenvalue weighted by Crippen LogP contribution is -2.45. The summed E-state index contributed by atoms with van der Waals surface area (Å²) in [5.74, 6) is -1.46. The Morgan fingerprint density at radius 1 is 1.38 bits per heavy atom. The third-order valence-corrected chi connectivity index (χ3v) is 5.58. The van der Waals surface area contributed by atoms with Crippen LogP contribution < -0.4 is 0 Å². The highest BCUT2D eigenvalue weighted by Crippen LogP contribution is 2.35. The Morgan fingerprint density at radius 3 is 2.65 bits per heavy atom. The fourth-order valence-corrected chi connectivity index (χ4v) is 4.02. The summed E-state index contributed by atoms with van der Waals surface area (Å²) in [5, 5.41) is 13.8. The van der Waals surface area contributed by atoms with Crippen molar-refractivity contribution >= 4 is 46.3 Å². The minimum atomic E-state index is -1.08. The number of aromatic nitrogens is 2. The number of hydrogen-bond donors (Lipinski definition) is 1. The molecule has 0 bridgehead atoms. The number of thioether (sulfide) groups is 1. The predicted molar refractivity (Wildman–Crippen MR) is 105 cm³/mol. The Morgan fingerprint density at radius 2 is 2.08 bits per heavy atom. The van der Waals surface area contributed by atoms with Gasteiger partial charge in [0.05, 0.1) is 11.1 Å². The fourth-order valence-electron chi connectivity index (χ4n) is 2.67. The first-order chi connectivity index (χ1) is 12.4. The Labute approximate surface area is 160 Å². The van der Waals surface area contributed by atoms with E-state index in [2.05, 4.69) is 5.10 Å². The van der Waals surface area contributed by atoms with Crippen LogP contribution in [0.15, 0.2) is 41.4 Å². The van der Waals surface area contributed by atoms with Gasteiger partial charge in [-0.05, 0) is 18.6 Å². The zero-order chi connectivity index (χ0) is 18.8. The first kappa shape index (κ1) is 18.3. The number of thiocarbonyl (C=S) groups is 1. The van der Waals surface area contributed by atoms with Crippen molar-refractivity contribution in [1.82, 2.24) is 14.7 Å². The lowest BCUT2D eigenvalue weighted by Gasteiger charge is -2.23. The second kappa shape index (κ2) is 7.43. The van der Waals surface area contributed by atoms with Gasteiger partial charge in [-0.25, -0.2) is 4.79 Å². The molecule has 26 heavy (non-hydrogen) atoms. The van der Waals surface area contributed by atoms with Gasteiger partial charge < -0.3 is 5.11 Å². The second-order valence-electron chi connectivity index (χ2n) is 5.90. The number of aryl methyl sites for hydroxylation is 1. The third-order valence-electron chi connectivity index (χ3n) is 4.25. The van der Waals surface area contributed by atoms with Crippen molar-refractivity contribution in [3.63, 3.8) is 0 Å². The number of carboxylic acid groups (broad SMARTS) is 1. The zero-order valence-corrected chi connectivity index (χ0v) is 15.9. The number of carboxylic acids is 1. The van der Waals surface area contributed by atoms with Gasteiger partial charge in [-0.3, -0.25) is 14.4 Å². The molecule has 0 saturated carbocycles. The number of benzene rings is 1. The summed E-state index contributed by atoms with van der Waals surface area (Å²) in [5.41, 5.74) is 2.55. The lowest BCUT2D eigenvalue weighted by molar-refractivity contribution is -0.145. The van der Waals surface area contributed by atoms with E-state index in [1.807, 2.05) is 44.3 Å². The van der Waals surface area contributed by atoms with Crippen LogP contribution in [0, 0.1) is 6.92 Å². The molecule has 0 aliphatic carbocycles. The normalized spacial score (nSPS) is 17.2. The van der Waals surface area contributed by atoms with Gasteiger partial charge in [0.25, 0.3) is 5.91 Å². The van der Waals surface area contributed by atoms with Crippen molar-refractivity contribution in [3.8, 4) is 0 Å². The van der Waals surface area contributed by atoms with E-state index in [1.165, 1.54) is 4.90 Å². The van der Waals surface area contributed by atoms with E-state index in [0.717, 1.165) is 28.6 Å². The molecule has 2 heterocycles. The minimum absolute atomic E-state index is 0.196. The van der Waals surface area contributed by atoms with E-state index < -0.39 is 12.0 Å². The summed E-state index contributed by atoms with van der Waals surface area (Å²) in [4.78, 5) is 26.3. The van der Waals surface area contributed by atoms with Crippen LogP contribution in [-0.4, -0.2) is 42.0 Å². The maximum atomic E-state index is 12.8. The summed E-state index contributed by atoms with van der Waals surface area (Å²) in [6.45, 7) is 1.90. The van der Waals surface area contributed by atoms with Crippen LogP contribution in [-0.2, 0) is 23.1 Å². The van der Waals surface area contributed by atoms with E-state index in [1.54, 1.807) is 17.0 Å². The first-order valence-electron chi connectivity index (χ1n) is 7.91. The Balaban J connectivity index is 1.89. The van der Waals surface area contributed by atoms with Gasteiger partial charge >= 0.3 is 5.97 Å². The van der Waals surface area contributed by atoms with Crippen molar-refractivity contribution in [3.05, 3.63) is 58.3 Å². The Bertz CT molecular complexity index is 906. The van der Waals surface area contributed by atoms with Crippen molar-refractivity contribution in [2.45, 2.75) is 19.4 Å². The van der Waals surface area contributed by atoms with Crippen LogP contribution in [0.1, 0.15) is 16.8 Å². The molecule has 6 nitrogen and oxygen atoms in total. The molecule has 0 spiro atoms. The summed E-state index contributed by atoms with van der Waals surface area (Å²) in [7, 11) is 1.82. The summed E-state index contributed by atoms with van der Waals surface area (Å²) >= 11 is 6.42. The molecular weight excluding hydrogens is 370 g/mol. The molecule has 1 atom stereocenters. The summed E-state index contributed by atoms with van der Waals surface area (Å²) < 4.78 is 1.97. The van der Waals surface area contributed by atoms with Crippen LogP contribution in [0.3, 0.4) is 0 Å². The topological polar surface area (TPSA) is 75.4 Å².